The average Bonchev–Trinajstić information content (AvgIpc) is 2.93. The summed E-state index contributed by atoms with van der Waals surface area (Å²) < 4.78 is 5.40. The van der Waals surface area contributed by atoms with E-state index in [1.54, 1.807) is 11.3 Å². The summed E-state index contributed by atoms with van der Waals surface area (Å²) in [6.07, 6.45) is 1.90. The van der Waals surface area contributed by atoms with Crippen LogP contribution in [-0.2, 0) is 4.74 Å². The van der Waals surface area contributed by atoms with Crippen LogP contribution in [0.5, 0.6) is 0 Å². The van der Waals surface area contributed by atoms with E-state index in [0.29, 0.717) is 6.04 Å². The molecule has 1 aromatic rings. The number of hydrogen-bond acceptors (Lipinski definition) is 4. The molecule has 2 heterocycles. The van der Waals surface area contributed by atoms with Crippen LogP contribution in [0.4, 0.5) is 0 Å². The zero-order valence-corrected chi connectivity index (χ0v) is 12.5. The molecule has 19 heavy (non-hydrogen) atoms. The summed E-state index contributed by atoms with van der Waals surface area (Å²) in [6.45, 7) is 3.21. The minimum atomic E-state index is 0.162. The van der Waals surface area contributed by atoms with Crippen molar-refractivity contribution in [3.63, 3.8) is 0 Å². The fourth-order valence-electron chi connectivity index (χ4n) is 2.31. The third kappa shape index (κ3) is 4.03. The third-order valence-corrected chi connectivity index (χ3v) is 4.13. The Kier molecular flexibility index (Phi) is 5.36. The molecule has 0 atom stereocenters. The van der Waals surface area contributed by atoms with Crippen LogP contribution < -0.4 is 0 Å². The van der Waals surface area contributed by atoms with Gasteiger partial charge in [0.25, 0.3) is 5.91 Å². The molecule has 0 saturated carbocycles. The van der Waals surface area contributed by atoms with Gasteiger partial charge in [0, 0.05) is 37.7 Å². The van der Waals surface area contributed by atoms with Gasteiger partial charge >= 0.3 is 0 Å². The molecule has 0 radical (unpaired) electrons. The number of carbonyl (C=O) groups is 1. The number of ether oxygens (including phenoxy) is 1. The minimum absolute atomic E-state index is 0.162. The first-order chi connectivity index (χ1) is 9.18. The highest BCUT2D eigenvalue weighted by Gasteiger charge is 2.26. The Labute approximate surface area is 119 Å². The molecule has 0 unspecified atom stereocenters. The molecule has 1 fully saturated rings. The van der Waals surface area contributed by atoms with Crippen LogP contribution in [0.1, 0.15) is 23.2 Å². The van der Waals surface area contributed by atoms with Crippen molar-refractivity contribution < 1.29 is 9.53 Å². The number of rotatable bonds is 5. The lowest BCUT2D eigenvalue weighted by atomic mass is 10.1. The van der Waals surface area contributed by atoms with Gasteiger partial charge in [0.15, 0.2) is 0 Å². The highest BCUT2D eigenvalue weighted by atomic mass is 32.1. The molecule has 0 bridgehead atoms. The second kappa shape index (κ2) is 7.03. The van der Waals surface area contributed by atoms with Gasteiger partial charge < -0.3 is 14.5 Å². The van der Waals surface area contributed by atoms with Crippen molar-refractivity contribution in [2.75, 3.05) is 40.4 Å². The number of carbonyl (C=O) groups excluding carboxylic acids is 1. The summed E-state index contributed by atoms with van der Waals surface area (Å²) in [7, 11) is 4.08. The Morgan fingerprint density at radius 1 is 1.37 bits per heavy atom. The van der Waals surface area contributed by atoms with Crippen LogP contribution in [-0.4, -0.2) is 62.1 Å². The minimum Gasteiger partial charge on any atom is -0.381 e. The van der Waals surface area contributed by atoms with E-state index in [2.05, 4.69) is 4.90 Å². The molecule has 0 N–H and O–H groups in total. The lowest BCUT2D eigenvalue weighted by Crippen LogP contribution is -2.46. The molecule has 5 heteroatoms. The summed E-state index contributed by atoms with van der Waals surface area (Å²) in [6, 6.07) is 2.23. The highest BCUT2D eigenvalue weighted by Crippen LogP contribution is 2.18. The van der Waals surface area contributed by atoms with Crippen LogP contribution in [0.3, 0.4) is 0 Å². The molecular formula is C14H22N2O2S. The van der Waals surface area contributed by atoms with Gasteiger partial charge in [-0.05, 0) is 38.4 Å². The van der Waals surface area contributed by atoms with E-state index in [9.17, 15) is 4.79 Å². The van der Waals surface area contributed by atoms with Crippen molar-refractivity contribution in [1.82, 2.24) is 9.80 Å². The number of likely N-dealkylation sites (N-methyl/N-ethyl adjacent to an activating group) is 1. The molecule has 4 nitrogen and oxygen atoms in total. The van der Waals surface area contributed by atoms with E-state index in [-0.39, 0.29) is 5.91 Å². The molecule has 1 aliphatic heterocycles. The molecule has 2 rings (SSSR count). The Morgan fingerprint density at radius 2 is 2.11 bits per heavy atom. The number of amides is 1. The largest absolute Gasteiger partial charge is 0.381 e. The van der Waals surface area contributed by atoms with Gasteiger partial charge in [0.05, 0.1) is 5.56 Å². The maximum Gasteiger partial charge on any atom is 0.254 e. The third-order valence-electron chi connectivity index (χ3n) is 3.45. The van der Waals surface area contributed by atoms with Gasteiger partial charge in [0.2, 0.25) is 0 Å². The summed E-state index contributed by atoms with van der Waals surface area (Å²) in [4.78, 5) is 16.7. The van der Waals surface area contributed by atoms with Crippen LogP contribution in [0.25, 0.3) is 0 Å². The average molecular weight is 282 g/mol. The summed E-state index contributed by atoms with van der Waals surface area (Å²) in [5.41, 5.74) is 0.815. The molecule has 1 aromatic heterocycles. The normalized spacial score (nSPS) is 16.8. The molecule has 1 aliphatic rings. The monoisotopic (exact) mass is 282 g/mol. The topological polar surface area (TPSA) is 32.8 Å². The van der Waals surface area contributed by atoms with Crippen molar-refractivity contribution in [3.8, 4) is 0 Å². The standard InChI is InChI=1S/C14H22N2O2S/c1-15(2)6-7-16(13-3-8-18-9-4-13)14(17)12-5-10-19-11-12/h5,10-11,13H,3-4,6-9H2,1-2H3. The summed E-state index contributed by atoms with van der Waals surface area (Å²) >= 11 is 1.57. The zero-order valence-electron chi connectivity index (χ0n) is 11.7. The Hall–Kier alpha value is -0.910. The highest BCUT2D eigenvalue weighted by molar-refractivity contribution is 7.08. The summed E-state index contributed by atoms with van der Waals surface area (Å²) in [5, 5.41) is 3.89. The first kappa shape index (κ1) is 14.5. The van der Waals surface area contributed by atoms with Gasteiger partial charge in [-0.25, -0.2) is 0 Å². The maximum absolute atomic E-state index is 12.6. The van der Waals surface area contributed by atoms with Crippen molar-refractivity contribution in [1.29, 1.82) is 0 Å². The van der Waals surface area contributed by atoms with E-state index >= 15 is 0 Å². The van der Waals surface area contributed by atoms with Gasteiger partial charge in [-0.1, -0.05) is 0 Å². The molecular weight excluding hydrogens is 260 g/mol. The van der Waals surface area contributed by atoms with Crippen LogP contribution in [0, 0.1) is 0 Å². The second-order valence-corrected chi connectivity index (χ2v) is 5.94. The van der Waals surface area contributed by atoms with E-state index in [4.69, 9.17) is 4.74 Å². The van der Waals surface area contributed by atoms with Crippen LogP contribution >= 0.6 is 11.3 Å². The van der Waals surface area contributed by atoms with Crippen LogP contribution in [0.15, 0.2) is 16.8 Å². The van der Waals surface area contributed by atoms with Gasteiger partial charge in [-0.3, -0.25) is 4.79 Å². The summed E-state index contributed by atoms with van der Waals surface area (Å²) in [5.74, 6) is 0.162. The first-order valence-corrected chi connectivity index (χ1v) is 7.68. The Balaban J connectivity index is 2.06. The molecule has 106 valence electrons. The number of hydrogen-bond donors (Lipinski definition) is 0. The second-order valence-electron chi connectivity index (χ2n) is 5.16. The predicted octanol–water partition coefficient (Wildman–Crippen LogP) is 1.93. The maximum atomic E-state index is 12.6. The van der Waals surface area contributed by atoms with Crippen molar-refractivity contribution in [2.24, 2.45) is 0 Å². The Morgan fingerprint density at radius 3 is 2.68 bits per heavy atom. The number of nitrogens with zero attached hydrogens (tertiary/aromatic N) is 2. The predicted molar refractivity (Wildman–Crippen MR) is 77.8 cm³/mol. The SMILES string of the molecule is CN(C)CCN(C(=O)c1ccsc1)C1CCOCC1. The Bertz CT molecular complexity index is 386. The van der Waals surface area contributed by atoms with Gasteiger partial charge in [-0.15, -0.1) is 0 Å². The number of thiophene rings is 1. The quantitative estimate of drug-likeness (QED) is 0.827. The lowest BCUT2D eigenvalue weighted by Gasteiger charge is -2.35. The van der Waals surface area contributed by atoms with Gasteiger partial charge in [-0.2, -0.15) is 11.3 Å². The van der Waals surface area contributed by atoms with Crippen molar-refractivity contribution in [2.45, 2.75) is 18.9 Å². The van der Waals surface area contributed by atoms with Gasteiger partial charge in [0.1, 0.15) is 0 Å². The van der Waals surface area contributed by atoms with Crippen LogP contribution in [0.2, 0.25) is 0 Å². The van der Waals surface area contributed by atoms with E-state index in [1.165, 1.54) is 0 Å². The molecule has 1 saturated heterocycles. The first-order valence-electron chi connectivity index (χ1n) is 6.74. The fourth-order valence-corrected chi connectivity index (χ4v) is 2.94. The lowest BCUT2D eigenvalue weighted by molar-refractivity contribution is 0.0276. The smallest absolute Gasteiger partial charge is 0.254 e. The van der Waals surface area contributed by atoms with Crippen molar-refractivity contribution in [3.05, 3.63) is 22.4 Å². The zero-order chi connectivity index (χ0) is 13.7. The molecule has 0 spiro atoms. The molecule has 0 aromatic carbocycles. The molecule has 0 aliphatic carbocycles. The van der Waals surface area contributed by atoms with Crippen molar-refractivity contribution >= 4 is 17.2 Å². The fraction of sp³-hybridized carbons (Fsp3) is 0.643. The van der Waals surface area contributed by atoms with E-state index < -0.39 is 0 Å². The van der Waals surface area contributed by atoms with E-state index in [0.717, 1.165) is 44.7 Å². The van der Waals surface area contributed by atoms with E-state index in [1.807, 2.05) is 35.8 Å². The molecule has 1 amide bonds.